The van der Waals surface area contributed by atoms with Crippen molar-refractivity contribution in [3.8, 4) is 0 Å². The van der Waals surface area contributed by atoms with Gasteiger partial charge in [0.25, 0.3) is 0 Å². The molecular weight excluding hydrogens is 221 g/mol. The maximum Gasteiger partial charge on any atom is 0.406 e. The van der Waals surface area contributed by atoms with Gasteiger partial charge in [-0.05, 0) is 19.9 Å². The Kier molecular flexibility index (Phi) is 6.40. The third-order valence-electron chi connectivity index (χ3n) is 2.38. The second-order valence-electron chi connectivity index (χ2n) is 3.64. The number of hydrogen-bond donors (Lipinski definition) is 1. The molecule has 0 saturated carbocycles. The van der Waals surface area contributed by atoms with E-state index < -0.39 is 18.6 Å². The van der Waals surface area contributed by atoms with Crippen LogP contribution in [0.1, 0.15) is 26.7 Å². The Hall–Kier alpha value is -0.780. The van der Waals surface area contributed by atoms with Crippen molar-refractivity contribution in [1.29, 1.82) is 0 Å². The molecule has 6 heteroatoms. The van der Waals surface area contributed by atoms with Gasteiger partial charge in [-0.25, -0.2) is 0 Å². The molecule has 0 rings (SSSR count). The highest BCUT2D eigenvalue weighted by Gasteiger charge is 2.35. The zero-order chi connectivity index (χ0) is 12.8. The number of alkyl halides is 3. The van der Waals surface area contributed by atoms with Gasteiger partial charge in [0.1, 0.15) is 6.54 Å². The Morgan fingerprint density at radius 3 is 2.12 bits per heavy atom. The summed E-state index contributed by atoms with van der Waals surface area (Å²) < 4.78 is 37.0. The molecule has 0 spiro atoms. The second kappa shape index (κ2) is 6.73. The van der Waals surface area contributed by atoms with Gasteiger partial charge in [-0.2, -0.15) is 13.2 Å². The van der Waals surface area contributed by atoms with Gasteiger partial charge in [-0.3, -0.25) is 4.79 Å². The number of carbonyl (C=O) groups excluding carboxylic acids is 1. The van der Waals surface area contributed by atoms with Gasteiger partial charge >= 0.3 is 6.18 Å². The lowest BCUT2D eigenvalue weighted by Crippen LogP contribution is -2.48. The maximum absolute atomic E-state index is 12.3. The quantitative estimate of drug-likeness (QED) is 0.767. The summed E-state index contributed by atoms with van der Waals surface area (Å²) in [6.45, 7) is 2.33. The molecule has 0 radical (unpaired) electrons. The van der Waals surface area contributed by atoms with E-state index in [4.69, 9.17) is 0 Å². The normalized spacial score (nSPS) is 11.9. The lowest BCUT2D eigenvalue weighted by atomic mass is 10.1. The van der Waals surface area contributed by atoms with E-state index in [0.29, 0.717) is 12.8 Å². The molecule has 0 aromatic heterocycles. The summed E-state index contributed by atoms with van der Waals surface area (Å²) in [6, 6.07) is -0.345. The van der Waals surface area contributed by atoms with Gasteiger partial charge in [0.05, 0.1) is 6.54 Å². The van der Waals surface area contributed by atoms with Gasteiger partial charge in [-0.1, -0.05) is 13.8 Å². The van der Waals surface area contributed by atoms with Crippen molar-refractivity contribution in [2.24, 2.45) is 0 Å². The van der Waals surface area contributed by atoms with Crippen LogP contribution in [-0.2, 0) is 4.79 Å². The highest BCUT2D eigenvalue weighted by atomic mass is 19.4. The van der Waals surface area contributed by atoms with E-state index in [-0.39, 0.29) is 12.6 Å². The predicted octanol–water partition coefficient (Wildman–Crippen LogP) is 1.79. The average Bonchev–Trinajstić information content (AvgIpc) is 2.16. The minimum absolute atomic E-state index is 0.0629. The lowest BCUT2D eigenvalue weighted by molar-refractivity contribution is -0.165. The molecule has 0 atom stereocenters. The number of hydrogen-bond acceptors (Lipinski definition) is 2. The first kappa shape index (κ1) is 15.2. The third-order valence-corrected chi connectivity index (χ3v) is 2.38. The number of nitrogens with zero attached hydrogens (tertiary/aromatic N) is 1. The van der Waals surface area contributed by atoms with Crippen molar-refractivity contribution in [2.75, 3.05) is 20.1 Å². The fourth-order valence-electron chi connectivity index (χ4n) is 1.60. The Balaban J connectivity index is 4.68. The van der Waals surface area contributed by atoms with Crippen LogP contribution < -0.4 is 5.32 Å². The Labute approximate surface area is 94.0 Å². The number of amides is 1. The molecule has 0 unspecified atom stereocenters. The smallest absolute Gasteiger partial charge is 0.330 e. The van der Waals surface area contributed by atoms with E-state index in [1.54, 1.807) is 13.8 Å². The first-order valence-electron chi connectivity index (χ1n) is 5.36. The first-order valence-corrected chi connectivity index (χ1v) is 5.36. The Morgan fingerprint density at radius 2 is 1.81 bits per heavy atom. The molecule has 96 valence electrons. The van der Waals surface area contributed by atoms with Crippen LogP contribution in [0.5, 0.6) is 0 Å². The summed E-state index contributed by atoms with van der Waals surface area (Å²) >= 11 is 0. The van der Waals surface area contributed by atoms with Crippen LogP contribution in [0.2, 0.25) is 0 Å². The Morgan fingerprint density at radius 1 is 1.31 bits per heavy atom. The molecule has 0 aromatic rings. The molecule has 16 heavy (non-hydrogen) atoms. The van der Waals surface area contributed by atoms with E-state index in [2.05, 4.69) is 5.32 Å². The molecule has 0 heterocycles. The van der Waals surface area contributed by atoms with Crippen LogP contribution in [0.25, 0.3) is 0 Å². The van der Waals surface area contributed by atoms with E-state index in [0.717, 1.165) is 4.90 Å². The number of halogens is 3. The van der Waals surface area contributed by atoms with Crippen LogP contribution >= 0.6 is 0 Å². The van der Waals surface area contributed by atoms with Crippen molar-refractivity contribution in [3.05, 3.63) is 0 Å². The number of rotatable bonds is 6. The number of nitrogens with one attached hydrogen (secondary N) is 1. The largest absolute Gasteiger partial charge is 0.406 e. The van der Waals surface area contributed by atoms with E-state index in [9.17, 15) is 18.0 Å². The summed E-state index contributed by atoms with van der Waals surface area (Å²) in [5, 5.41) is 2.58. The van der Waals surface area contributed by atoms with Crippen molar-refractivity contribution in [2.45, 2.75) is 38.9 Å². The van der Waals surface area contributed by atoms with Crippen molar-refractivity contribution in [3.63, 3.8) is 0 Å². The summed E-state index contributed by atoms with van der Waals surface area (Å²) in [5.74, 6) is -0.506. The summed E-state index contributed by atoms with van der Waals surface area (Å²) in [7, 11) is 1.54. The van der Waals surface area contributed by atoms with E-state index in [1.165, 1.54) is 7.05 Å². The first-order chi connectivity index (χ1) is 7.35. The molecule has 0 aliphatic carbocycles. The third kappa shape index (κ3) is 5.34. The fourth-order valence-corrected chi connectivity index (χ4v) is 1.60. The molecule has 0 fully saturated rings. The summed E-state index contributed by atoms with van der Waals surface area (Å²) in [6.07, 6.45) is -3.28. The zero-order valence-electron chi connectivity index (χ0n) is 9.90. The predicted molar refractivity (Wildman–Crippen MR) is 56.1 cm³/mol. The zero-order valence-corrected chi connectivity index (χ0v) is 9.90. The van der Waals surface area contributed by atoms with Crippen molar-refractivity contribution < 1.29 is 18.0 Å². The summed E-state index contributed by atoms with van der Waals surface area (Å²) in [5.41, 5.74) is 0. The molecule has 1 N–H and O–H groups in total. The van der Waals surface area contributed by atoms with Crippen LogP contribution in [0.3, 0.4) is 0 Å². The molecule has 0 aliphatic rings. The highest BCUT2D eigenvalue weighted by Crippen LogP contribution is 2.20. The number of likely N-dealkylation sites (N-methyl/N-ethyl adjacent to an activating group) is 1. The second-order valence-corrected chi connectivity index (χ2v) is 3.64. The standard InChI is InChI=1S/C10H19F3N2O/c1-4-8(5-2)15(7-10(11,12)13)9(16)6-14-3/h8,14H,4-7H2,1-3H3. The SMILES string of the molecule is CCC(CC)N(CC(F)(F)F)C(=O)CNC. The molecule has 0 aromatic carbocycles. The maximum atomic E-state index is 12.3. The van der Waals surface area contributed by atoms with Crippen LogP contribution in [-0.4, -0.2) is 43.2 Å². The molecular formula is C10H19F3N2O. The lowest BCUT2D eigenvalue weighted by Gasteiger charge is -2.31. The minimum Gasteiger partial charge on any atom is -0.330 e. The van der Waals surface area contributed by atoms with Gasteiger partial charge in [0, 0.05) is 6.04 Å². The Bertz CT molecular complexity index is 215. The molecule has 1 amide bonds. The monoisotopic (exact) mass is 240 g/mol. The average molecular weight is 240 g/mol. The van der Waals surface area contributed by atoms with Gasteiger partial charge < -0.3 is 10.2 Å². The van der Waals surface area contributed by atoms with Gasteiger partial charge in [0.2, 0.25) is 5.91 Å². The fraction of sp³-hybridized carbons (Fsp3) is 0.900. The molecule has 0 bridgehead atoms. The van der Waals surface area contributed by atoms with Crippen LogP contribution in [0.4, 0.5) is 13.2 Å². The van der Waals surface area contributed by atoms with E-state index >= 15 is 0 Å². The molecule has 0 aliphatic heterocycles. The van der Waals surface area contributed by atoms with Crippen molar-refractivity contribution in [1.82, 2.24) is 10.2 Å². The topological polar surface area (TPSA) is 32.3 Å². The highest BCUT2D eigenvalue weighted by molar-refractivity contribution is 5.78. The van der Waals surface area contributed by atoms with Crippen LogP contribution in [0.15, 0.2) is 0 Å². The molecule has 0 saturated heterocycles. The molecule has 3 nitrogen and oxygen atoms in total. The van der Waals surface area contributed by atoms with Gasteiger partial charge in [-0.15, -0.1) is 0 Å². The summed E-state index contributed by atoms with van der Waals surface area (Å²) in [4.78, 5) is 12.5. The minimum atomic E-state index is -4.34. The number of carbonyl (C=O) groups is 1. The van der Waals surface area contributed by atoms with Crippen molar-refractivity contribution >= 4 is 5.91 Å². The van der Waals surface area contributed by atoms with E-state index in [1.807, 2.05) is 0 Å². The van der Waals surface area contributed by atoms with Gasteiger partial charge in [0.15, 0.2) is 0 Å². The van der Waals surface area contributed by atoms with Crippen LogP contribution in [0, 0.1) is 0 Å².